The maximum atomic E-state index is 12.4. The lowest BCUT2D eigenvalue weighted by Crippen LogP contribution is -2.09. The second-order valence-electron chi connectivity index (χ2n) is 8.72. The van der Waals surface area contributed by atoms with Gasteiger partial charge in [-0.2, -0.15) is 0 Å². The van der Waals surface area contributed by atoms with E-state index in [4.69, 9.17) is 18.9 Å². The van der Waals surface area contributed by atoms with Gasteiger partial charge in [-0.15, -0.1) is 0 Å². The number of carbonyl (C=O) groups is 3. The Morgan fingerprint density at radius 3 is 1.60 bits per heavy atom. The fourth-order valence-corrected chi connectivity index (χ4v) is 3.63. The Morgan fingerprint density at radius 2 is 1.16 bits per heavy atom. The summed E-state index contributed by atoms with van der Waals surface area (Å²) in [6, 6.07) is 16.0. The number of allylic oxidation sites excluding steroid dienone is 3. The molecule has 2 aromatic heterocycles. The van der Waals surface area contributed by atoms with Crippen LogP contribution in [0.1, 0.15) is 31.8 Å². The molecule has 0 unspecified atom stereocenters. The average Bonchev–Trinajstić information content (AvgIpc) is 3.04. The number of nitrogens with zero attached hydrogens (tertiary/aromatic N) is 2. The molecule has 0 saturated carbocycles. The zero-order valence-electron chi connectivity index (χ0n) is 23.2. The van der Waals surface area contributed by atoms with Crippen molar-refractivity contribution in [3.8, 4) is 23.0 Å². The van der Waals surface area contributed by atoms with Crippen LogP contribution in [-0.4, -0.2) is 47.0 Å². The topological polar surface area (TPSA) is 134 Å². The van der Waals surface area contributed by atoms with Crippen LogP contribution in [0.25, 0.3) is 12.2 Å². The summed E-state index contributed by atoms with van der Waals surface area (Å²) in [4.78, 5) is 44.8. The van der Waals surface area contributed by atoms with Crippen molar-refractivity contribution in [2.45, 2.75) is 0 Å². The zero-order valence-corrected chi connectivity index (χ0v) is 23.2. The van der Waals surface area contributed by atoms with Gasteiger partial charge in [-0.3, -0.25) is 14.8 Å². The number of hydrogen-bond donors (Lipinski definition) is 1. The Kier molecular flexibility index (Phi) is 10.1. The number of benzene rings is 2. The van der Waals surface area contributed by atoms with E-state index in [9.17, 15) is 19.5 Å². The highest BCUT2D eigenvalue weighted by Gasteiger charge is 2.14. The molecule has 0 bridgehead atoms. The quantitative estimate of drug-likeness (QED) is 0.0780. The van der Waals surface area contributed by atoms with Crippen LogP contribution < -0.4 is 18.9 Å². The summed E-state index contributed by atoms with van der Waals surface area (Å²) in [5.41, 5.74) is 1.81. The van der Waals surface area contributed by atoms with Gasteiger partial charge in [-0.05, 0) is 71.8 Å². The van der Waals surface area contributed by atoms with Crippen molar-refractivity contribution in [3.63, 3.8) is 0 Å². The Bertz CT molecular complexity index is 1700. The molecule has 0 aliphatic carbocycles. The first kappa shape index (κ1) is 29.9. The third-order valence-corrected chi connectivity index (χ3v) is 5.75. The molecule has 2 heterocycles. The molecule has 0 spiro atoms. The third kappa shape index (κ3) is 8.48. The lowest BCUT2D eigenvalue weighted by atomic mass is 10.1. The number of ether oxygens (including phenoxy) is 4. The van der Waals surface area contributed by atoms with E-state index in [0.717, 1.165) is 6.08 Å². The Labute approximate surface area is 247 Å². The van der Waals surface area contributed by atoms with Crippen molar-refractivity contribution in [1.29, 1.82) is 0 Å². The molecule has 0 radical (unpaired) electrons. The zero-order chi connectivity index (χ0) is 30.6. The Balaban J connectivity index is 1.37. The van der Waals surface area contributed by atoms with Gasteiger partial charge in [0.1, 0.15) is 5.76 Å². The SMILES string of the molecule is COc1cc(/C=C/C(=O)/C=C(O)/C=C/c2ccc(OC(=O)c3cccnc3)c(OC)c2)ccc1OC(=O)c1cccnc1. The van der Waals surface area contributed by atoms with E-state index in [2.05, 4.69) is 9.97 Å². The number of methoxy groups -OCH3 is 2. The normalized spacial score (nSPS) is 11.3. The van der Waals surface area contributed by atoms with Crippen LogP contribution in [0.5, 0.6) is 23.0 Å². The van der Waals surface area contributed by atoms with Crippen LogP contribution in [0, 0.1) is 0 Å². The molecule has 0 aliphatic heterocycles. The van der Waals surface area contributed by atoms with Crippen LogP contribution in [-0.2, 0) is 4.79 Å². The lowest BCUT2D eigenvalue weighted by Gasteiger charge is -2.10. The van der Waals surface area contributed by atoms with Gasteiger partial charge < -0.3 is 24.1 Å². The number of ketones is 1. The second-order valence-corrected chi connectivity index (χ2v) is 8.72. The second kappa shape index (κ2) is 14.6. The smallest absolute Gasteiger partial charge is 0.345 e. The first-order valence-electron chi connectivity index (χ1n) is 12.8. The number of carbonyl (C=O) groups excluding carboxylic acids is 3. The van der Waals surface area contributed by atoms with Crippen molar-refractivity contribution in [2.24, 2.45) is 0 Å². The number of esters is 2. The van der Waals surface area contributed by atoms with Gasteiger partial charge in [-0.25, -0.2) is 9.59 Å². The van der Waals surface area contributed by atoms with Gasteiger partial charge in [0.2, 0.25) is 0 Å². The van der Waals surface area contributed by atoms with Gasteiger partial charge in [0.05, 0.1) is 25.3 Å². The molecule has 0 fully saturated rings. The molecular weight excluding hydrogens is 552 g/mol. The van der Waals surface area contributed by atoms with Crippen LogP contribution >= 0.6 is 0 Å². The summed E-state index contributed by atoms with van der Waals surface area (Å²) in [5, 5.41) is 10.2. The Morgan fingerprint density at radius 1 is 0.674 bits per heavy atom. The van der Waals surface area contributed by atoms with E-state index in [-0.39, 0.29) is 17.3 Å². The lowest BCUT2D eigenvalue weighted by molar-refractivity contribution is -0.110. The molecule has 0 atom stereocenters. The maximum absolute atomic E-state index is 12.4. The number of rotatable bonds is 11. The highest BCUT2D eigenvalue weighted by molar-refractivity contribution is 6.02. The Hall–Kier alpha value is -6.03. The molecule has 10 nitrogen and oxygen atoms in total. The molecule has 2 aromatic carbocycles. The van der Waals surface area contributed by atoms with Gasteiger partial charge in [0.15, 0.2) is 28.8 Å². The molecule has 4 rings (SSSR count). The van der Waals surface area contributed by atoms with E-state index in [1.54, 1.807) is 79.1 Å². The average molecular weight is 579 g/mol. The number of aliphatic hydroxyl groups excluding tert-OH is 1. The molecular formula is C33H26N2O8. The summed E-state index contributed by atoms with van der Waals surface area (Å²) in [6.07, 6.45) is 12.7. The highest BCUT2D eigenvalue weighted by Crippen LogP contribution is 2.30. The van der Waals surface area contributed by atoms with E-state index in [0.29, 0.717) is 33.8 Å². The summed E-state index contributed by atoms with van der Waals surface area (Å²) in [7, 11) is 2.87. The van der Waals surface area contributed by atoms with Gasteiger partial charge >= 0.3 is 11.9 Å². The standard InChI is InChI=1S/C33H26N2O8/c1-40-30-17-22(9-13-28(30)42-32(38)24-5-3-15-34-20-24)7-11-26(36)19-27(37)12-8-23-10-14-29(31(18-23)41-2)43-33(39)25-6-4-16-35-21-25/h3-21,36H,1-2H3/b11-7+,12-8+,26-19-. The fraction of sp³-hybridized carbons (Fsp3) is 0.0606. The van der Waals surface area contributed by atoms with Crippen LogP contribution in [0.15, 0.2) is 109 Å². The molecule has 4 aromatic rings. The summed E-state index contributed by atoms with van der Waals surface area (Å²) >= 11 is 0. The van der Waals surface area contributed by atoms with E-state index < -0.39 is 17.7 Å². The van der Waals surface area contributed by atoms with Gasteiger partial charge in [0.25, 0.3) is 0 Å². The molecule has 0 saturated heterocycles. The minimum absolute atomic E-state index is 0.207. The molecule has 43 heavy (non-hydrogen) atoms. The number of hydrogen-bond acceptors (Lipinski definition) is 10. The van der Waals surface area contributed by atoms with Crippen LogP contribution in [0.2, 0.25) is 0 Å². The van der Waals surface area contributed by atoms with Gasteiger partial charge in [-0.1, -0.05) is 24.3 Å². The van der Waals surface area contributed by atoms with Crippen molar-refractivity contribution >= 4 is 29.9 Å². The first-order valence-corrected chi connectivity index (χ1v) is 12.8. The first-order chi connectivity index (χ1) is 20.9. The van der Waals surface area contributed by atoms with E-state index >= 15 is 0 Å². The number of aromatic nitrogens is 2. The molecule has 216 valence electrons. The molecule has 0 aliphatic rings. The monoisotopic (exact) mass is 578 g/mol. The summed E-state index contributed by atoms with van der Waals surface area (Å²) in [5.74, 6) is -0.905. The van der Waals surface area contributed by atoms with Crippen LogP contribution in [0.3, 0.4) is 0 Å². The summed E-state index contributed by atoms with van der Waals surface area (Å²) in [6.45, 7) is 0. The molecule has 1 N–H and O–H groups in total. The molecule has 0 amide bonds. The minimum atomic E-state index is -0.586. The number of pyridine rings is 2. The maximum Gasteiger partial charge on any atom is 0.345 e. The summed E-state index contributed by atoms with van der Waals surface area (Å²) < 4.78 is 21.5. The fourth-order valence-electron chi connectivity index (χ4n) is 3.63. The van der Waals surface area contributed by atoms with Crippen molar-refractivity contribution in [2.75, 3.05) is 14.2 Å². The van der Waals surface area contributed by atoms with Crippen molar-refractivity contribution in [3.05, 3.63) is 132 Å². The predicted molar refractivity (Wildman–Crippen MR) is 158 cm³/mol. The van der Waals surface area contributed by atoms with E-state index in [1.807, 2.05) is 0 Å². The molecule has 10 heteroatoms. The third-order valence-electron chi connectivity index (χ3n) is 5.75. The largest absolute Gasteiger partial charge is 0.508 e. The van der Waals surface area contributed by atoms with Crippen molar-refractivity contribution in [1.82, 2.24) is 9.97 Å². The van der Waals surface area contributed by atoms with Crippen LogP contribution in [0.4, 0.5) is 0 Å². The number of aliphatic hydroxyl groups is 1. The predicted octanol–water partition coefficient (Wildman–Crippen LogP) is 5.67. The van der Waals surface area contributed by atoms with Crippen molar-refractivity contribution < 1.29 is 38.4 Å². The van der Waals surface area contributed by atoms with Gasteiger partial charge in [0, 0.05) is 30.9 Å². The minimum Gasteiger partial charge on any atom is -0.508 e. The van der Waals surface area contributed by atoms with E-state index in [1.165, 1.54) is 44.8 Å². The highest BCUT2D eigenvalue weighted by atomic mass is 16.6.